The van der Waals surface area contributed by atoms with Crippen LogP contribution in [0.15, 0.2) is 76.2 Å². The predicted octanol–water partition coefficient (Wildman–Crippen LogP) is 6.32. The third-order valence-electron chi connectivity index (χ3n) is 6.08. The molecule has 36 heavy (non-hydrogen) atoms. The highest BCUT2D eigenvalue weighted by atomic mass is 79.9. The van der Waals surface area contributed by atoms with Crippen molar-refractivity contribution >= 4 is 44.2 Å². The van der Waals surface area contributed by atoms with Crippen LogP contribution in [-0.2, 0) is 17.6 Å². The lowest BCUT2D eigenvalue weighted by atomic mass is 9.98. The second kappa shape index (κ2) is 11.5. The average molecular weight is 548 g/mol. The molecule has 1 aromatic heterocycles. The molecule has 7 heteroatoms. The van der Waals surface area contributed by atoms with E-state index in [9.17, 15) is 9.90 Å². The molecule has 4 aromatic rings. The lowest BCUT2D eigenvalue weighted by Crippen LogP contribution is -2.13. The first kappa shape index (κ1) is 25.7. The molecule has 0 unspecified atom stereocenters. The molecule has 0 fully saturated rings. The number of benzene rings is 3. The summed E-state index contributed by atoms with van der Waals surface area (Å²) in [6.07, 6.45) is 2.64. The summed E-state index contributed by atoms with van der Waals surface area (Å²) in [7, 11) is 4.16. The van der Waals surface area contributed by atoms with Gasteiger partial charge in [-0.1, -0.05) is 58.4 Å². The second-order valence-corrected chi connectivity index (χ2v) is 10.1. The van der Waals surface area contributed by atoms with Crippen LogP contribution < -0.4 is 0 Å². The first-order valence-electron chi connectivity index (χ1n) is 11.9. The first-order valence-corrected chi connectivity index (χ1v) is 12.7. The van der Waals surface area contributed by atoms with Gasteiger partial charge in [0.05, 0.1) is 22.5 Å². The number of aliphatic imine (C=N–C) groups is 1. The molecule has 3 aromatic carbocycles. The predicted molar refractivity (Wildman–Crippen MR) is 149 cm³/mol. The van der Waals surface area contributed by atoms with Crippen molar-refractivity contribution in [1.82, 2.24) is 9.88 Å². The van der Waals surface area contributed by atoms with Crippen LogP contribution in [0.1, 0.15) is 35.1 Å². The number of nitrogens with one attached hydrogen (secondary N) is 1. The molecule has 3 N–H and O–H groups in total. The molecule has 6 nitrogen and oxygen atoms in total. The molecular formula is C29H30BrN3O3. The number of aromatic nitrogens is 1. The standard InChI is InChI=1S/C29H30BrN3O3/c1-33(2)17-3-4-19-7-13-23(14-8-19)31-28(21-10-5-20(6-11-21)9-16-26(34)35)27-24-15-12-22(30)18-25(24)32-29(27)36/h5-8,10-15,18,32,36H,3-4,9,16-17H2,1-2H3,(H,34,35). The molecule has 0 bridgehead atoms. The molecule has 0 spiro atoms. The number of aromatic hydroxyl groups is 1. The van der Waals surface area contributed by atoms with Crippen molar-refractivity contribution in [2.75, 3.05) is 20.6 Å². The van der Waals surface area contributed by atoms with E-state index in [0.717, 1.165) is 51.6 Å². The molecule has 1 heterocycles. The van der Waals surface area contributed by atoms with E-state index < -0.39 is 5.97 Å². The van der Waals surface area contributed by atoms with Crippen LogP contribution in [-0.4, -0.2) is 52.4 Å². The Hall–Kier alpha value is -3.42. The molecule has 0 amide bonds. The smallest absolute Gasteiger partial charge is 0.303 e. The van der Waals surface area contributed by atoms with Gasteiger partial charge in [0.25, 0.3) is 0 Å². The van der Waals surface area contributed by atoms with Gasteiger partial charge >= 0.3 is 5.97 Å². The summed E-state index contributed by atoms with van der Waals surface area (Å²) in [5.74, 6) is -0.765. The Morgan fingerprint density at radius 2 is 1.64 bits per heavy atom. The molecule has 0 saturated heterocycles. The molecule has 0 radical (unpaired) electrons. The van der Waals surface area contributed by atoms with Crippen molar-refractivity contribution < 1.29 is 15.0 Å². The van der Waals surface area contributed by atoms with E-state index in [1.165, 1.54) is 5.56 Å². The quantitative estimate of drug-likeness (QED) is 0.203. The lowest BCUT2D eigenvalue weighted by molar-refractivity contribution is -0.136. The number of halogens is 1. The van der Waals surface area contributed by atoms with E-state index in [1.807, 2.05) is 54.6 Å². The zero-order chi connectivity index (χ0) is 25.7. The summed E-state index contributed by atoms with van der Waals surface area (Å²) >= 11 is 3.49. The molecule has 0 aliphatic heterocycles. The van der Waals surface area contributed by atoms with Crippen molar-refractivity contribution in [3.05, 3.63) is 93.5 Å². The molecule has 0 aliphatic rings. The minimum atomic E-state index is -0.818. The fourth-order valence-corrected chi connectivity index (χ4v) is 4.57. The number of fused-ring (bicyclic) bond motifs is 1. The number of H-pyrrole nitrogens is 1. The van der Waals surface area contributed by atoms with E-state index in [2.05, 4.69) is 52.0 Å². The average Bonchev–Trinajstić information content (AvgIpc) is 3.16. The number of rotatable bonds is 10. The summed E-state index contributed by atoms with van der Waals surface area (Å²) in [5.41, 5.74) is 5.91. The molecule has 186 valence electrons. The van der Waals surface area contributed by atoms with E-state index >= 15 is 0 Å². The number of nitrogens with zero attached hydrogens (tertiary/aromatic N) is 2. The Kier molecular flexibility index (Phi) is 8.23. The first-order chi connectivity index (χ1) is 17.3. The van der Waals surface area contributed by atoms with Crippen LogP contribution in [0.5, 0.6) is 5.88 Å². The van der Waals surface area contributed by atoms with Gasteiger partial charge in [0.1, 0.15) is 0 Å². The Balaban J connectivity index is 1.72. The van der Waals surface area contributed by atoms with E-state index in [-0.39, 0.29) is 12.3 Å². The van der Waals surface area contributed by atoms with Crippen LogP contribution in [0.25, 0.3) is 10.9 Å². The van der Waals surface area contributed by atoms with Gasteiger partial charge in [0.2, 0.25) is 0 Å². The van der Waals surface area contributed by atoms with Crippen molar-refractivity contribution in [3.63, 3.8) is 0 Å². The molecule has 0 aliphatic carbocycles. The minimum absolute atomic E-state index is 0.0529. The van der Waals surface area contributed by atoms with Crippen molar-refractivity contribution in [2.45, 2.75) is 25.7 Å². The largest absolute Gasteiger partial charge is 0.494 e. The minimum Gasteiger partial charge on any atom is -0.494 e. The van der Waals surface area contributed by atoms with E-state index in [1.54, 1.807) is 0 Å². The highest BCUT2D eigenvalue weighted by Gasteiger charge is 2.19. The van der Waals surface area contributed by atoms with Crippen LogP contribution in [0, 0.1) is 0 Å². The van der Waals surface area contributed by atoms with Crippen molar-refractivity contribution in [2.24, 2.45) is 4.99 Å². The van der Waals surface area contributed by atoms with Gasteiger partial charge in [-0.3, -0.25) is 4.79 Å². The van der Waals surface area contributed by atoms with Crippen molar-refractivity contribution in [1.29, 1.82) is 0 Å². The fourth-order valence-electron chi connectivity index (χ4n) is 4.21. The third-order valence-corrected chi connectivity index (χ3v) is 6.57. The van der Waals surface area contributed by atoms with Crippen LogP contribution in [0.3, 0.4) is 0 Å². The van der Waals surface area contributed by atoms with Gasteiger partial charge in [-0.15, -0.1) is 0 Å². The summed E-state index contributed by atoms with van der Waals surface area (Å²) in [4.78, 5) is 21.2. The Bertz CT molecular complexity index is 1370. The second-order valence-electron chi connectivity index (χ2n) is 9.16. The van der Waals surface area contributed by atoms with Crippen LogP contribution >= 0.6 is 15.9 Å². The highest BCUT2D eigenvalue weighted by molar-refractivity contribution is 9.10. The van der Waals surface area contributed by atoms with Gasteiger partial charge in [-0.25, -0.2) is 4.99 Å². The van der Waals surface area contributed by atoms with Gasteiger partial charge in [-0.2, -0.15) is 0 Å². The zero-order valence-corrected chi connectivity index (χ0v) is 22.0. The Morgan fingerprint density at radius 1 is 0.972 bits per heavy atom. The normalized spacial score (nSPS) is 11.9. The fraction of sp³-hybridized carbons (Fsp3) is 0.241. The SMILES string of the molecule is CN(C)CCCc1ccc(N=C(c2ccc(CCC(=O)O)cc2)c2c(O)[nH]c3cc(Br)ccc23)cc1. The van der Waals surface area contributed by atoms with Crippen LogP contribution in [0.4, 0.5) is 5.69 Å². The number of carbonyl (C=O) groups is 1. The number of carboxylic acid groups (broad SMARTS) is 1. The third kappa shape index (κ3) is 6.42. The topological polar surface area (TPSA) is 88.9 Å². The van der Waals surface area contributed by atoms with Gasteiger partial charge in [0, 0.05) is 21.8 Å². The number of hydrogen-bond acceptors (Lipinski definition) is 4. The number of hydrogen-bond donors (Lipinski definition) is 3. The highest BCUT2D eigenvalue weighted by Crippen LogP contribution is 2.33. The van der Waals surface area contributed by atoms with E-state index in [0.29, 0.717) is 17.7 Å². The maximum Gasteiger partial charge on any atom is 0.303 e. The molecule has 0 atom stereocenters. The van der Waals surface area contributed by atoms with Gasteiger partial charge < -0.3 is 20.1 Å². The van der Waals surface area contributed by atoms with Gasteiger partial charge in [0.15, 0.2) is 5.88 Å². The Labute approximate surface area is 219 Å². The lowest BCUT2D eigenvalue weighted by Gasteiger charge is -2.10. The van der Waals surface area contributed by atoms with Crippen molar-refractivity contribution in [3.8, 4) is 5.88 Å². The maximum absolute atomic E-state index is 10.9. The number of carboxylic acids is 1. The molecule has 4 rings (SSSR count). The number of aryl methyl sites for hydroxylation is 2. The monoisotopic (exact) mass is 547 g/mol. The maximum atomic E-state index is 10.9. The molecular weight excluding hydrogens is 518 g/mol. The Morgan fingerprint density at radius 3 is 2.31 bits per heavy atom. The summed E-state index contributed by atoms with van der Waals surface area (Å²) < 4.78 is 0.911. The summed E-state index contributed by atoms with van der Waals surface area (Å²) in [5, 5.41) is 20.8. The number of aromatic amines is 1. The van der Waals surface area contributed by atoms with Gasteiger partial charge in [-0.05, 0) is 75.3 Å². The zero-order valence-electron chi connectivity index (χ0n) is 20.5. The van der Waals surface area contributed by atoms with E-state index in [4.69, 9.17) is 10.1 Å². The molecule has 0 saturated carbocycles. The van der Waals surface area contributed by atoms with Crippen LogP contribution in [0.2, 0.25) is 0 Å². The number of aliphatic carboxylic acids is 1. The summed E-state index contributed by atoms with van der Waals surface area (Å²) in [6.45, 7) is 1.04. The summed E-state index contributed by atoms with van der Waals surface area (Å²) in [6, 6.07) is 21.8.